The maximum absolute atomic E-state index is 12.2. The number of rotatable bonds is 9. The zero-order valence-corrected chi connectivity index (χ0v) is 24.6. The molecule has 2 aromatic rings. The van der Waals surface area contributed by atoms with E-state index in [4.69, 9.17) is 5.73 Å². The number of fused-ring (bicyclic) bond motifs is 2. The molecule has 6 rings (SSSR count). The number of amides is 2. The maximum Gasteiger partial charge on any atom is 0.269 e. The molecule has 0 atom stereocenters. The normalized spacial score (nSPS) is 19.0. The summed E-state index contributed by atoms with van der Waals surface area (Å²) in [5.41, 5.74) is 10.8. The number of nitrogen functional groups attached to an aromatic ring is 1. The average Bonchev–Trinajstić information content (AvgIpc) is 3.70. The second-order valence-corrected chi connectivity index (χ2v) is 11.9. The van der Waals surface area contributed by atoms with Gasteiger partial charge in [0.25, 0.3) is 5.69 Å². The van der Waals surface area contributed by atoms with E-state index >= 15 is 0 Å². The Morgan fingerprint density at radius 1 is 0.667 bits per heavy atom. The van der Waals surface area contributed by atoms with Crippen molar-refractivity contribution >= 4 is 34.6 Å². The van der Waals surface area contributed by atoms with E-state index < -0.39 is 0 Å². The summed E-state index contributed by atoms with van der Waals surface area (Å²) in [5, 5.41) is 10.9. The lowest BCUT2D eigenvalue weighted by Gasteiger charge is -2.30. The minimum atomic E-state index is -0.381. The molecular weight excluding hydrogens is 532 g/mol. The lowest BCUT2D eigenvalue weighted by molar-refractivity contribution is -0.384. The highest BCUT2D eigenvalue weighted by atomic mass is 16.6. The molecule has 42 heavy (non-hydrogen) atoms. The van der Waals surface area contributed by atoms with E-state index in [0.29, 0.717) is 25.8 Å². The van der Waals surface area contributed by atoms with Crippen LogP contribution >= 0.6 is 0 Å². The van der Waals surface area contributed by atoms with Crippen LogP contribution in [0.4, 0.5) is 22.7 Å². The van der Waals surface area contributed by atoms with Gasteiger partial charge in [-0.05, 0) is 126 Å². The Morgan fingerprint density at radius 3 is 1.64 bits per heavy atom. The van der Waals surface area contributed by atoms with Crippen molar-refractivity contribution in [2.45, 2.75) is 64.2 Å². The number of hydrogen-bond acceptors (Lipinski definition) is 7. The first-order valence-corrected chi connectivity index (χ1v) is 15.6. The first kappa shape index (κ1) is 30.0. The van der Waals surface area contributed by atoms with Crippen LogP contribution in [0, 0.1) is 10.1 Å². The number of nitro groups is 1. The summed E-state index contributed by atoms with van der Waals surface area (Å²) < 4.78 is 0. The van der Waals surface area contributed by atoms with Crippen LogP contribution in [0.25, 0.3) is 0 Å². The van der Waals surface area contributed by atoms with E-state index in [1.807, 2.05) is 23.1 Å². The summed E-state index contributed by atoms with van der Waals surface area (Å²) in [6, 6.07) is 10.7. The van der Waals surface area contributed by atoms with Crippen LogP contribution in [0.3, 0.4) is 0 Å². The third-order valence-corrected chi connectivity index (χ3v) is 8.89. The fourth-order valence-corrected chi connectivity index (χ4v) is 6.65. The van der Waals surface area contributed by atoms with Crippen molar-refractivity contribution in [1.29, 1.82) is 0 Å². The molecule has 0 saturated carbocycles. The number of anilines is 3. The molecular formula is C32H44N6O4. The van der Waals surface area contributed by atoms with Crippen LogP contribution in [-0.2, 0) is 22.4 Å². The lowest BCUT2D eigenvalue weighted by Crippen LogP contribution is -2.37. The molecule has 10 nitrogen and oxygen atoms in total. The lowest BCUT2D eigenvalue weighted by atomic mass is 10.00. The molecule has 2 aromatic carbocycles. The number of likely N-dealkylation sites (tertiary alicyclic amines) is 2. The van der Waals surface area contributed by atoms with Crippen molar-refractivity contribution in [3.63, 3.8) is 0 Å². The Labute approximate surface area is 248 Å². The van der Waals surface area contributed by atoms with E-state index in [-0.39, 0.29) is 22.4 Å². The van der Waals surface area contributed by atoms with E-state index in [1.165, 1.54) is 50.4 Å². The van der Waals surface area contributed by atoms with E-state index in [1.54, 1.807) is 17.0 Å². The van der Waals surface area contributed by atoms with Gasteiger partial charge in [0.15, 0.2) is 0 Å². The first-order chi connectivity index (χ1) is 20.4. The number of non-ortho nitro benzene ring substituents is 1. The molecule has 2 N–H and O–H groups in total. The molecule has 2 saturated heterocycles. The van der Waals surface area contributed by atoms with Crippen molar-refractivity contribution in [3.05, 3.63) is 57.6 Å². The average molecular weight is 577 g/mol. The number of carbonyl (C=O) groups excluding carboxylic acids is 2. The van der Waals surface area contributed by atoms with E-state index in [2.05, 4.69) is 9.80 Å². The molecule has 0 bridgehead atoms. The summed E-state index contributed by atoms with van der Waals surface area (Å²) in [4.78, 5) is 43.5. The molecule has 4 aliphatic heterocycles. The molecule has 226 valence electrons. The van der Waals surface area contributed by atoms with Gasteiger partial charge in [0.05, 0.1) is 4.92 Å². The SMILES string of the molecule is Nc1ccc2c(c1)CCC(=O)N2CCCN1CCCC1.O=C1CCc2cc([N+](=O)[O-])ccc2N1CCCN1CCCC1. The highest BCUT2D eigenvalue weighted by Crippen LogP contribution is 2.32. The molecule has 2 fully saturated rings. The van der Waals surface area contributed by atoms with Gasteiger partial charge in [-0.25, -0.2) is 0 Å². The van der Waals surface area contributed by atoms with Crippen molar-refractivity contribution in [2.75, 3.05) is 67.9 Å². The predicted octanol–water partition coefficient (Wildman–Crippen LogP) is 4.39. The summed E-state index contributed by atoms with van der Waals surface area (Å²) >= 11 is 0. The Bertz CT molecular complexity index is 1270. The predicted molar refractivity (Wildman–Crippen MR) is 166 cm³/mol. The second-order valence-electron chi connectivity index (χ2n) is 11.9. The van der Waals surface area contributed by atoms with E-state index in [0.717, 1.165) is 74.6 Å². The largest absolute Gasteiger partial charge is 0.399 e. The van der Waals surface area contributed by atoms with Crippen molar-refractivity contribution in [1.82, 2.24) is 9.80 Å². The molecule has 0 aliphatic carbocycles. The Kier molecular flexibility index (Phi) is 10.1. The number of hydrogen-bond donors (Lipinski definition) is 1. The highest BCUT2D eigenvalue weighted by molar-refractivity contribution is 5.97. The number of aryl methyl sites for hydroxylation is 2. The molecule has 10 heteroatoms. The topological polar surface area (TPSA) is 116 Å². The van der Waals surface area contributed by atoms with Gasteiger partial charge in [0.2, 0.25) is 11.8 Å². The van der Waals surface area contributed by atoms with Crippen LogP contribution in [0.5, 0.6) is 0 Å². The quantitative estimate of drug-likeness (QED) is 0.267. The molecule has 4 heterocycles. The van der Waals surface area contributed by atoms with Gasteiger partial charge in [0.1, 0.15) is 0 Å². The molecule has 2 amide bonds. The standard InChI is InChI=1S/C16H21N3O3.C16H23N3O/c20-16-7-4-13-12-14(19(21)22)5-6-15(13)18(16)11-3-10-17-8-1-2-9-17;17-14-5-6-15-13(12-14)4-7-16(20)19(15)11-3-10-18-8-1-2-9-18/h5-6,12H,1-4,7-11H2;5-6,12H,1-4,7-11,17H2. The summed E-state index contributed by atoms with van der Waals surface area (Å²) in [5.74, 6) is 0.381. The number of nitro benzene ring substituents is 1. The van der Waals surface area contributed by atoms with Crippen LogP contribution in [0.1, 0.15) is 62.5 Å². The first-order valence-electron chi connectivity index (χ1n) is 15.6. The van der Waals surface area contributed by atoms with Crippen molar-refractivity contribution in [2.24, 2.45) is 0 Å². The van der Waals surface area contributed by atoms with Crippen LogP contribution < -0.4 is 15.5 Å². The number of benzene rings is 2. The second kappa shape index (κ2) is 14.1. The smallest absolute Gasteiger partial charge is 0.269 e. The minimum absolute atomic E-state index is 0.102. The fraction of sp³-hybridized carbons (Fsp3) is 0.562. The monoisotopic (exact) mass is 576 g/mol. The molecule has 0 unspecified atom stereocenters. The van der Waals surface area contributed by atoms with Crippen molar-refractivity contribution < 1.29 is 14.5 Å². The third kappa shape index (κ3) is 7.46. The summed E-state index contributed by atoms with van der Waals surface area (Å²) in [7, 11) is 0. The zero-order chi connectivity index (χ0) is 29.5. The minimum Gasteiger partial charge on any atom is -0.399 e. The Balaban J connectivity index is 0.000000169. The van der Waals surface area contributed by atoms with E-state index in [9.17, 15) is 19.7 Å². The highest BCUT2D eigenvalue weighted by Gasteiger charge is 2.26. The number of nitrogens with zero attached hydrogens (tertiary/aromatic N) is 5. The molecule has 0 aromatic heterocycles. The van der Waals surface area contributed by atoms with Gasteiger partial charge in [-0.15, -0.1) is 0 Å². The zero-order valence-electron chi connectivity index (χ0n) is 24.6. The summed E-state index contributed by atoms with van der Waals surface area (Å²) in [6.45, 7) is 8.42. The maximum atomic E-state index is 12.2. The fourth-order valence-electron chi connectivity index (χ4n) is 6.65. The van der Waals surface area contributed by atoms with Crippen LogP contribution in [0.15, 0.2) is 36.4 Å². The number of carbonyl (C=O) groups is 2. The van der Waals surface area contributed by atoms with Gasteiger partial charge in [0, 0.05) is 55.1 Å². The molecule has 0 spiro atoms. The van der Waals surface area contributed by atoms with Gasteiger partial charge in [-0.3, -0.25) is 19.7 Å². The summed E-state index contributed by atoms with van der Waals surface area (Å²) in [6.07, 6.45) is 9.66. The number of nitrogens with two attached hydrogens (primary N) is 1. The van der Waals surface area contributed by atoms with Gasteiger partial charge < -0.3 is 25.3 Å². The van der Waals surface area contributed by atoms with Gasteiger partial charge in [-0.2, -0.15) is 0 Å². The van der Waals surface area contributed by atoms with Crippen LogP contribution in [-0.4, -0.2) is 78.9 Å². The molecule has 0 radical (unpaired) electrons. The van der Waals surface area contributed by atoms with Gasteiger partial charge >= 0.3 is 0 Å². The third-order valence-electron chi connectivity index (χ3n) is 8.89. The van der Waals surface area contributed by atoms with Crippen molar-refractivity contribution in [3.8, 4) is 0 Å². The van der Waals surface area contributed by atoms with Crippen LogP contribution in [0.2, 0.25) is 0 Å². The van der Waals surface area contributed by atoms with Gasteiger partial charge in [-0.1, -0.05) is 0 Å². The molecule has 4 aliphatic rings. The Morgan fingerprint density at radius 2 is 1.14 bits per heavy atom. The Hall–Kier alpha value is -3.50.